The first-order valence-corrected chi connectivity index (χ1v) is 8.04. The topological polar surface area (TPSA) is 38.5 Å². The van der Waals surface area contributed by atoms with E-state index >= 15 is 0 Å². The molecule has 20 heavy (non-hydrogen) atoms. The number of rotatable bonds is 3. The second-order valence-corrected chi connectivity index (χ2v) is 6.03. The minimum atomic E-state index is 0.135. The molecule has 3 nitrogen and oxygen atoms in total. The first-order chi connectivity index (χ1) is 9.81. The van der Waals surface area contributed by atoms with Crippen molar-refractivity contribution in [2.24, 2.45) is 5.73 Å². The largest absolute Gasteiger partial charge is 0.374 e. The van der Waals surface area contributed by atoms with Crippen LogP contribution in [0.25, 0.3) is 0 Å². The van der Waals surface area contributed by atoms with Gasteiger partial charge in [0.25, 0.3) is 0 Å². The van der Waals surface area contributed by atoms with Gasteiger partial charge in [0.15, 0.2) is 0 Å². The first-order valence-electron chi connectivity index (χ1n) is 8.04. The van der Waals surface area contributed by atoms with E-state index in [1.807, 2.05) is 0 Å². The molecule has 1 saturated carbocycles. The van der Waals surface area contributed by atoms with Crippen molar-refractivity contribution in [2.75, 3.05) is 18.1 Å². The van der Waals surface area contributed by atoms with Gasteiger partial charge in [0.1, 0.15) is 0 Å². The molecule has 0 bridgehead atoms. The number of fused-ring (bicyclic) bond motifs is 1. The van der Waals surface area contributed by atoms with Gasteiger partial charge in [-0.2, -0.15) is 0 Å². The molecule has 2 fully saturated rings. The minimum absolute atomic E-state index is 0.135. The molecule has 1 aromatic rings. The van der Waals surface area contributed by atoms with Gasteiger partial charge in [-0.05, 0) is 30.9 Å². The third-order valence-electron chi connectivity index (χ3n) is 4.82. The van der Waals surface area contributed by atoms with Crippen LogP contribution >= 0.6 is 0 Å². The van der Waals surface area contributed by atoms with Gasteiger partial charge in [-0.25, -0.2) is 0 Å². The Morgan fingerprint density at radius 3 is 2.95 bits per heavy atom. The van der Waals surface area contributed by atoms with E-state index in [1.54, 1.807) is 0 Å². The number of anilines is 1. The van der Waals surface area contributed by atoms with Crippen LogP contribution in [0.1, 0.15) is 50.6 Å². The average Bonchev–Trinajstić information content (AvgIpc) is 2.53. The number of hydrogen-bond acceptors (Lipinski definition) is 3. The molecule has 0 amide bonds. The molecular weight excluding hydrogens is 248 g/mol. The third-order valence-corrected chi connectivity index (χ3v) is 4.82. The maximum absolute atomic E-state index is 6.31. The Hall–Kier alpha value is -1.06. The smallest absolute Gasteiger partial charge is 0.0779 e. The highest BCUT2D eigenvalue weighted by Crippen LogP contribution is 2.35. The number of nitrogens with zero attached hydrogens (tertiary/aromatic N) is 1. The maximum atomic E-state index is 6.31. The second-order valence-electron chi connectivity index (χ2n) is 6.03. The summed E-state index contributed by atoms with van der Waals surface area (Å²) in [5.74, 6) is 0. The van der Waals surface area contributed by atoms with Crippen molar-refractivity contribution in [3.63, 3.8) is 0 Å². The highest BCUT2D eigenvalue weighted by atomic mass is 16.5. The van der Waals surface area contributed by atoms with Crippen molar-refractivity contribution in [2.45, 2.75) is 57.2 Å². The van der Waals surface area contributed by atoms with E-state index in [-0.39, 0.29) is 6.04 Å². The fraction of sp³-hybridized carbons (Fsp3) is 0.647. The van der Waals surface area contributed by atoms with Crippen molar-refractivity contribution >= 4 is 5.69 Å². The van der Waals surface area contributed by atoms with Crippen LogP contribution in [0.5, 0.6) is 0 Å². The standard InChI is InChI=1S/C17H26N2O/c1-2-14(18)13-7-3-4-8-15(13)19-11-12-20-17-10-6-5-9-16(17)19/h3-4,7-8,14,16-17H,2,5-6,9-12,18H2,1H3/t14-,16?,17?/m0/s1. The molecule has 2 aliphatic rings. The predicted molar refractivity (Wildman–Crippen MR) is 83.0 cm³/mol. The molecule has 110 valence electrons. The first kappa shape index (κ1) is 13.9. The molecule has 3 heteroatoms. The summed E-state index contributed by atoms with van der Waals surface area (Å²) in [6.07, 6.45) is 6.50. The molecule has 0 aromatic heterocycles. The van der Waals surface area contributed by atoms with Crippen molar-refractivity contribution < 1.29 is 4.74 Å². The Balaban J connectivity index is 1.91. The van der Waals surface area contributed by atoms with Crippen LogP contribution in [0.15, 0.2) is 24.3 Å². The van der Waals surface area contributed by atoms with E-state index in [9.17, 15) is 0 Å². The SMILES string of the molecule is CC[C@H](N)c1ccccc1N1CCOC2CCCCC21. The highest BCUT2D eigenvalue weighted by Gasteiger charge is 2.35. The fourth-order valence-electron chi connectivity index (χ4n) is 3.68. The summed E-state index contributed by atoms with van der Waals surface area (Å²) in [5, 5.41) is 0. The molecule has 0 radical (unpaired) electrons. The zero-order chi connectivity index (χ0) is 13.9. The number of hydrogen-bond donors (Lipinski definition) is 1. The molecule has 3 atom stereocenters. The van der Waals surface area contributed by atoms with Crippen molar-refractivity contribution in [1.82, 2.24) is 0 Å². The Morgan fingerprint density at radius 2 is 2.10 bits per heavy atom. The summed E-state index contributed by atoms with van der Waals surface area (Å²) in [6.45, 7) is 4.00. The number of para-hydroxylation sites is 1. The van der Waals surface area contributed by atoms with Gasteiger partial charge in [-0.1, -0.05) is 38.0 Å². The van der Waals surface area contributed by atoms with E-state index in [1.165, 1.54) is 36.9 Å². The summed E-state index contributed by atoms with van der Waals surface area (Å²) in [5.41, 5.74) is 8.94. The van der Waals surface area contributed by atoms with Gasteiger partial charge < -0.3 is 15.4 Å². The summed E-state index contributed by atoms with van der Waals surface area (Å²) in [4.78, 5) is 2.57. The normalized spacial score (nSPS) is 28.0. The quantitative estimate of drug-likeness (QED) is 0.919. The van der Waals surface area contributed by atoms with E-state index in [0.717, 1.165) is 19.6 Å². The molecule has 1 aliphatic carbocycles. The van der Waals surface area contributed by atoms with Crippen LogP contribution in [0.4, 0.5) is 5.69 Å². The minimum Gasteiger partial charge on any atom is -0.374 e. The zero-order valence-corrected chi connectivity index (χ0v) is 12.4. The molecule has 2 N–H and O–H groups in total. The summed E-state index contributed by atoms with van der Waals surface area (Å²) >= 11 is 0. The van der Waals surface area contributed by atoms with Crippen LogP contribution in [0, 0.1) is 0 Å². The lowest BCUT2D eigenvalue weighted by molar-refractivity contribution is -0.00875. The number of benzene rings is 1. The van der Waals surface area contributed by atoms with Gasteiger partial charge >= 0.3 is 0 Å². The molecule has 1 aliphatic heterocycles. The lowest BCUT2D eigenvalue weighted by Crippen LogP contribution is -2.53. The average molecular weight is 274 g/mol. The Bertz CT molecular complexity index is 446. The van der Waals surface area contributed by atoms with Crippen LogP contribution in [-0.2, 0) is 4.74 Å². The van der Waals surface area contributed by atoms with E-state index in [2.05, 4.69) is 36.1 Å². The van der Waals surface area contributed by atoms with Gasteiger partial charge in [0.05, 0.1) is 18.8 Å². The van der Waals surface area contributed by atoms with Crippen LogP contribution in [0.3, 0.4) is 0 Å². The Kier molecular flexibility index (Phi) is 4.27. The lowest BCUT2D eigenvalue weighted by atomic mass is 9.89. The second kappa shape index (κ2) is 6.15. The lowest BCUT2D eigenvalue weighted by Gasteiger charge is -2.46. The molecule has 1 aromatic carbocycles. The molecule has 3 rings (SSSR count). The van der Waals surface area contributed by atoms with Gasteiger partial charge in [-0.3, -0.25) is 0 Å². The van der Waals surface area contributed by atoms with Gasteiger partial charge in [0.2, 0.25) is 0 Å². The van der Waals surface area contributed by atoms with Gasteiger partial charge in [-0.15, -0.1) is 0 Å². The molecule has 2 unspecified atom stereocenters. The van der Waals surface area contributed by atoms with Gasteiger partial charge in [0, 0.05) is 18.3 Å². The van der Waals surface area contributed by atoms with Crippen LogP contribution in [-0.4, -0.2) is 25.3 Å². The summed E-state index contributed by atoms with van der Waals surface area (Å²) in [6, 6.07) is 9.35. The number of ether oxygens (including phenoxy) is 1. The highest BCUT2D eigenvalue weighted by molar-refractivity contribution is 5.56. The van der Waals surface area contributed by atoms with E-state index < -0.39 is 0 Å². The summed E-state index contributed by atoms with van der Waals surface area (Å²) in [7, 11) is 0. The number of nitrogens with two attached hydrogens (primary N) is 1. The third kappa shape index (κ3) is 2.57. The maximum Gasteiger partial charge on any atom is 0.0779 e. The monoisotopic (exact) mass is 274 g/mol. The molecule has 1 saturated heterocycles. The summed E-state index contributed by atoms with van der Waals surface area (Å²) < 4.78 is 5.99. The van der Waals surface area contributed by atoms with Crippen molar-refractivity contribution in [3.05, 3.63) is 29.8 Å². The predicted octanol–water partition coefficient (Wildman–Crippen LogP) is 3.24. The zero-order valence-electron chi connectivity index (χ0n) is 12.4. The number of morpholine rings is 1. The van der Waals surface area contributed by atoms with Crippen molar-refractivity contribution in [3.8, 4) is 0 Å². The van der Waals surface area contributed by atoms with E-state index in [4.69, 9.17) is 10.5 Å². The Morgan fingerprint density at radius 1 is 1.30 bits per heavy atom. The van der Waals surface area contributed by atoms with Crippen LogP contribution in [0.2, 0.25) is 0 Å². The van der Waals surface area contributed by atoms with Crippen molar-refractivity contribution in [1.29, 1.82) is 0 Å². The molecule has 0 spiro atoms. The fourth-order valence-corrected chi connectivity index (χ4v) is 3.68. The van der Waals surface area contributed by atoms with E-state index in [0.29, 0.717) is 12.1 Å². The van der Waals surface area contributed by atoms with Crippen LogP contribution < -0.4 is 10.6 Å². The molecule has 1 heterocycles. The Labute approximate surface area is 122 Å². The molecular formula is C17H26N2O.